The van der Waals surface area contributed by atoms with E-state index >= 15 is 0 Å². The quantitative estimate of drug-likeness (QED) is 0.524. The summed E-state index contributed by atoms with van der Waals surface area (Å²) in [5.41, 5.74) is 2.95. The van der Waals surface area contributed by atoms with Gasteiger partial charge in [0.15, 0.2) is 0 Å². The van der Waals surface area contributed by atoms with Crippen LogP contribution in [0.5, 0.6) is 0 Å². The number of nitrogens with one attached hydrogen (secondary N) is 3. The van der Waals surface area contributed by atoms with E-state index < -0.39 is 10.0 Å². The third-order valence-corrected chi connectivity index (χ3v) is 3.74. The Morgan fingerprint density at radius 1 is 1.22 bits per heavy atom. The van der Waals surface area contributed by atoms with E-state index in [0.29, 0.717) is 18.5 Å². The molecule has 0 atom stereocenters. The number of sulfonamides is 1. The highest BCUT2D eigenvalue weighted by atomic mass is 32.2. The molecule has 0 aromatic heterocycles. The Kier molecular flexibility index (Phi) is 3.63. The summed E-state index contributed by atoms with van der Waals surface area (Å²) in [7, 11) is -3.61. The number of rotatable bonds is 4. The Labute approximate surface area is 105 Å². The Bertz CT molecular complexity index is 566. The zero-order valence-corrected chi connectivity index (χ0v) is 10.3. The number of benzene rings is 1. The lowest BCUT2D eigenvalue weighted by Crippen LogP contribution is -2.34. The van der Waals surface area contributed by atoms with Gasteiger partial charge < -0.3 is 10.7 Å². The van der Waals surface area contributed by atoms with Crippen molar-refractivity contribution in [3.8, 4) is 0 Å². The minimum absolute atomic E-state index is 0.159. The molecule has 6 nitrogen and oxygen atoms in total. The van der Waals surface area contributed by atoms with Crippen LogP contribution in [0.1, 0.15) is 6.42 Å². The average molecular weight is 267 g/mol. The predicted octanol–water partition coefficient (Wildman–Crippen LogP) is -0.127. The molecule has 0 spiro atoms. The number of hydrogen-bond acceptors (Lipinski definition) is 4. The molecule has 1 aliphatic rings. The highest BCUT2D eigenvalue weighted by Gasteiger charge is 2.16. The summed E-state index contributed by atoms with van der Waals surface area (Å²) in [5.74, 6) is -0.179. The van der Waals surface area contributed by atoms with Gasteiger partial charge >= 0.3 is 0 Å². The maximum Gasteiger partial charge on any atom is 0.257 e. The van der Waals surface area contributed by atoms with Crippen molar-refractivity contribution in [3.05, 3.63) is 42.1 Å². The van der Waals surface area contributed by atoms with E-state index in [1.807, 2.05) is 0 Å². The van der Waals surface area contributed by atoms with Gasteiger partial charge in [0.05, 0.1) is 4.90 Å². The first-order valence-corrected chi connectivity index (χ1v) is 6.87. The van der Waals surface area contributed by atoms with E-state index in [9.17, 15) is 13.2 Å². The van der Waals surface area contributed by atoms with Gasteiger partial charge in [-0.05, 0) is 18.6 Å². The minimum atomic E-state index is -3.61. The van der Waals surface area contributed by atoms with Gasteiger partial charge in [-0.3, -0.25) is 4.79 Å². The van der Waals surface area contributed by atoms with Gasteiger partial charge in [-0.2, -0.15) is 0 Å². The molecule has 0 unspecified atom stereocenters. The van der Waals surface area contributed by atoms with Crippen LogP contribution < -0.4 is 15.6 Å². The number of hydrogen-bond donors (Lipinski definition) is 3. The van der Waals surface area contributed by atoms with Gasteiger partial charge in [-0.15, -0.1) is 4.83 Å². The molecule has 2 rings (SSSR count). The topological polar surface area (TPSA) is 87.3 Å². The van der Waals surface area contributed by atoms with Crippen LogP contribution in [0.2, 0.25) is 0 Å². The number of carbonyl (C=O) groups excluding carboxylic acids is 1. The molecule has 7 heteroatoms. The number of carbonyl (C=O) groups is 1. The van der Waals surface area contributed by atoms with Gasteiger partial charge in [0.2, 0.25) is 5.91 Å². The average Bonchev–Trinajstić information content (AvgIpc) is 2.76. The summed E-state index contributed by atoms with van der Waals surface area (Å²) in [6.45, 7) is 0.581. The summed E-state index contributed by atoms with van der Waals surface area (Å²) < 4.78 is 23.6. The number of amides is 1. The maximum atomic E-state index is 11.8. The second-order valence-corrected chi connectivity index (χ2v) is 5.42. The fourth-order valence-corrected chi connectivity index (χ4v) is 2.38. The predicted molar refractivity (Wildman–Crippen MR) is 65.6 cm³/mol. The fourth-order valence-electron chi connectivity index (χ4n) is 1.53. The van der Waals surface area contributed by atoms with Crippen LogP contribution in [0.15, 0.2) is 47.0 Å². The normalized spacial score (nSPS) is 17.8. The van der Waals surface area contributed by atoms with Crippen molar-refractivity contribution >= 4 is 15.9 Å². The van der Waals surface area contributed by atoms with Crippen molar-refractivity contribution in [1.82, 2.24) is 15.6 Å². The van der Waals surface area contributed by atoms with E-state index in [-0.39, 0.29) is 10.8 Å². The van der Waals surface area contributed by atoms with E-state index in [1.165, 1.54) is 18.3 Å². The molecular weight excluding hydrogens is 254 g/mol. The van der Waals surface area contributed by atoms with Gasteiger partial charge in [-0.25, -0.2) is 8.42 Å². The molecule has 1 amide bonds. The van der Waals surface area contributed by atoms with Crippen molar-refractivity contribution in [2.75, 3.05) is 6.54 Å². The molecule has 96 valence electrons. The van der Waals surface area contributed by atoms with E-state index in [2.05, 4.69) is 15.6 Å². The smallest absolute Gasteiger partial charge is 0.257 e. The van der Waals surface area contributed by atoms with Crippen LogP contribution in [-0.2, 0) is 14.8 Å². The Morgan fingerprint density at radius 2 is 1.94 bits per heavy atom. The standard InChI is InChI=1S/C11H13N3O3S/c15-11-9(6-7-12-11)8-13-14-18(16,17)10-4-2-1-3-5-10/h1-5,8,13-14H,6-7H2,(H,12,15)/b9-8+. The Balaban J connectivity index is 2.00. The molecule has 3 N–H and O–H groups in total. The van der Waals surface area contributed by atoms with Crippen LogP contribution in [0.25, 0.3) is 0 Å². The SMILES string of the molecule is O=C1NCC/C1=C\NNS(=O)(=O)c1ccccc1. The molecule has 1 heterocycles. The van der Waals surface area contributed by atoms with Crippen molar-refractivity contribution in [2.24, 2.45) is 0 Å². The first-order valence-electron chi connectivity index (χ1n) is 5.39. The highest BCUT2D eigenvalue weighted by molar-refractivity contribution is 7.89. The lowest BCUT2D eigenvalue weighted by atomic mass is 10.2. The van der Waals surface area contributed by atoms with Crippen molar-refractivity contribution in [2.45, 2.75) is 11.3 Å². The van der Waals surface area contributed by atoms with Crippen LogP contribution in [0.3, 0.4) is 0 Å². The lowest BCUT2D eigenvalue weighted by molar-refractivity contribution is -0.116. The number of hydrazine groups is 1. The summed E-state index contributed by atoms with van der Waals surface area (Å²) in [5, 5.41) is 2.62. The van der Waals surface area contributed by atoms with Crippen LogP contribution >= 0.6 is 0 Å². The van der Waals surface area contributed by atoms with Crippen LogP contribution in [0, 0.1) is 0 Å². The largest absolute Gasteiger partial charge is 0.352 e. The van der Waals surface area contributed by atoms with E-state index in [0.717, 1.165) is 0 Å². The molecule has 1 aromatic carbocycles. The zero-order chi connectivity index (χ0) is 13.0. The molecule has 1 saturated heterocycles. The summed E-state index contributed by atoms with van der Waals surface area (Å²) in [4.78, 5) is 13.6. The van der Waals surface area contributed by atoms with Crippen LogP contribution in [-0.4, -0.2) is 20.9 Å². The third kappa shape index (κ3) is 2.88. The Morgan fingerprint density at radius 3 is 2.56 bits per heavy atom. The lowest BCUT2D eigenvalue weighted by Gasteiger charge is -2.06. The molecule has 0 aliphatic carbocycles. The fraction of sp³-hybridized carbons (Fsp3) is 0.182. The zero-order valence-electron chi connectivity index (χ0n) is 9.51. The monoisotopic (exact) mass is 267 g/mol. The van der Waals surface area contributed by atoms with Crippen molar-refractivity contribution in [1.29, 1.82) is 0 Å². The second-order valence-electron chi connectivity index (χ2n) is 3.74. The molecule has 1 aliphatic heterocycles. The first-order chi connectivity index (χ1) is 8.59. The molecule has 18 heavy (non-hydrogen) atoms. The molecule has 1 fully saturated rings. The molecule has 0 saturated carbocycles. The third-order valence-electron chi connectivity index (χ3n) is 2.46. The maximum absolute atomic E-state index is 11.8. The van der Waals surface area contributed by atoms with E-state index in [4.69, 9.17) is 0 Å². The van der Waals surface area contributed by atoms with Crippen LogP contribution in [0.4, 0.5) is 0 Å². The summed E-state index contributed by atoms with van der Waals surface area (Å²) in [6, 6.07) is 7.98. The second kappa shape index (κ2) is 5.19. The molecule has 0 radical (unpaired) electrons. The van der Waals surface area contributed by atoms with Crippen molar-refractivity contribution < 1.29 is 13.2 Å². The van der Waals surface area contributed by atoms with Gasteiger partial charge in [0.25, 0.3) is 10.0 Å². The van der Waals surface area contributed by atoms with Crippen molar-refractivity contribution in [3.63, 3.8) is 0 Å². The highest BCUT2D eigenvalue weighted by Crippen LogP contribution is 2.07. The summed E-state index contributed by atoms with van der Waals surface area (Å²) in [6.07, 6.45) is 1.95. The Hall–Kier alpha value is -1.86. The molecule has 1 aromatic rings. The van der Waals surface area contributed by atoms with Gasteiger partial charge in [-0.1, -0.05) is 18.2 Å². The summed E-state index contributed by atoms with van der Waals surface area (Å²) >= 11 is 0. The molecular formula is C11H13N3O3S. The minimum Gasteiger partial charge on any atom is -0.352 e. The molecule has 0 bridgehead atoms. The van der Waals surface area contributed by atoms with Gasteiger partial charge in [0.1, 0.15) is 0 Å². The first kappa shape index (κ1) is 12.6. The van der Waals surface area contributed by atoms with Gasteiger partial charge in [0, 0.05) is 18.3 Å². The van der Waals surface area contributed by atoms with E-state index in [1.54, 1.807) is 18.2 Å².